The van der Waals surface area contributed by atoms with Crippen LogP contribution in [0.15, 0.2) is 0 Å². The largest absolute Gasteiger partial charge is 0.472 e. The molecule has 0 rings (SSSR count). The normalized spacial score (nSPS) is 14.2. The molecule has 0 aromatic heterocycles. The lowest BCUT2D eigenvalue weighted by atomic mass is 9.99. The maximum Gasteiger partial charge on any atom is 0.472 e. The van der Waals surface area contributed by atoms with Crippen molar-refractivity contribution >= 4 is 39.5 Å². The Labute approximate surface area is 619 Å². The van der Waals surface area contributed by atoms with Crippen LogP contribution in [0, 0.1) is 17.8 Å². The van der Waals surface area contributed by atoms with Gasteiger partial charge in [-0.25, -0.2) is 9.13 Å². The molecule has 0 heterocycles. The van der Waals surface area contributed by atoms with E-state index in [-0.39, 0.29) is 25.7 Å². The molecule has 17 nitrogen and oxygen atoms in total. The molecule has 0 spiro atoms. The van der Waals surface area contributed by atoms with Crippen LogP contribution in [0.25, 0.3) is 0 Å². The second-order valence-electron chi connectivity index (χ2n) is 30.7. The van der Waals surface area contributed by atoms with E-state index in [0.717, 1.165) is 108 Å². The Balaban J connectivity index is 5.25. The Morgan fingerprint density at radius 3 is 0.752 bits per heavy atom. The van der Waals surface area contributed by atoms with Gasteiger partial charge in [0.05, 0.1) is 26.4 Å². The average Bonchev–Trinajstić information content (AvgIpc) is 0.928. The van der Waals surface area contributed by atoms with Crippen molar-refractivity contribution in [3.8, 4) is 0 Å². The molecule has 0 aromatic rings. The maximum atomic E-state index is 13.1. The fourth-order valence-corrected chi connectivity index (χ4v) is 14.2. The molecule has 3 unspecified atom stereocenters. The fourth-order valence-electron chi connectivity index (χ4n) is 12.6. The number of aliphatic hydroxyl groups is 1. The summed E-state index contributed by atoms with van der Waals surface area (Å²) in [7, 11) is -9.92. The van der Waals surface area contributed by atoms with Crippen molar-refractivity contribution in [2.75, 3.05) is 39.6 Å². The smallest absolute Gasteiger partial charge is 0.462 e. The van der Waals surface area contributed by atoms with E-state index in [1.165, 1.54) is 238 Å². The minimum absolute atomic E-state index is 0.106. The first-order valence-corrected chi connectivity index (χ1v) is 45.4. The number of phosphoric ester groups is 2. The third-order valence-electron chi connectivity index (χ3n) is 19.5. The van der Waals surface area contributed by atoms with E-state index in [1.54, 1.807) is 0 Å². The van der Waals surface area contributed by atoms with Gasteiger partial charge in [-0.1, -0.05) is 376 Å². The van der Waals surface area contributed by atoms with Gasteiger partial charge in [-0.2, -0.15) is 0 Å². The van der Waals surface area contributed by atoms with Crippen LogP contribution in [0.4, 0.5) is 0 Å². The minimum atomic E-state index is -4.96. The molecule has 0 aromatic carbocycles. The zero-order chi connectivity index (χ0) is 74.4. The monoisotopic (exact) mass is 1480 g/mol. The first-order valence-electron chi connectivity index (χ1n) is 42.4. The molecule has 0 aliphatic rings. The standard InChI is InChI=1S/C82H160O17P2/c1-8-10-11-12-13-14-15-28-35-42-49-56-63-79(84)92-70-78(99-82(87)66-59-52-45-38-31-33-40-47-54-61-74(5)6)72-97-101(90,91)95-68-76(83)67-94-100(88,89)96-71-77(69-93-80(85)64-57-50-43-36-29-24-21-20-23-27-34-41-48-55-62-75(7)9-2)98-81(86)65-58-51-44-37-30-25-19-17-16-18-22-26-32-39-46-53-60-73(3)4/h73-78,83H,8-72H2,1-7H3,(H,88,89)(H,90,91)/t75?,76-,77-,78-/m1/s1. The van der Waals surface area contributed by atoms with Gasteiger partial charge in [-0.15, -0.1) is 0 Å². The van der Waals surface area contributed by atoms with Crippen LogP contribution in [0.3, 0.4) is 0 Å². The van der Waals surface area contributed by atoms with E-state index in [1.807, 2.05) is 0 Å². The summed E-state index contributed by atoms with van der Waals surface area (Å²) in [6.07, 6.45) is 60.9. The summed E-state index contributed by atoms with van der Waals surface area (Å²) in [5.41, 5.74) is 0. The lowest BCUT2D eigenvalue weighted by molar-refractivity contribution is -0.161. The number of unbranched alkanes of at least 4 members (excludes halogenated alkanes) is 47. The van der Waals surface area contributed by atoms with Gasteiger partial charge < -0.3 is 33.8 Å². The lowest BCUT2D eigenvalue weighted by Crippen LogP contribution is -2.30. The third kappa shape index (κ3) is 74.7. The Morgan fingerprint density at radius 1 is 0.287 bits per heavy atom. The topological polar surface area (TPSA) is 237 Å². The van der Waals surface area contributed by atoms with E-state index >= 15 is 0 Å². The summed E-state index contributed by atoms with van der Waals surface area (Å²) >= 11 is 0. The predicted molar refractivity (Wildman–Crippen MR) is 414 cm³/mol. The molecule has 0 bridgehead atoms. The van der Waals surface area contributed by atoms with Crippen molar-refractivity contribution in [1.82, 2.24) is 0 Å². The zero-order valence-electron chi connectivity index (χ0n) is 66.4. The van der Waals surface area contributed by atoms with E-state index in [4.69, 9.17) is 37.0 Å². The Kier molecular flexibility index (Phi) is 70.9. The van der Waals surface area contributed by atoms with Crippen molar-refractivity contribution in [2.24, 2.45) is 17.8 Å². The molecule has 0 amide bonds. The van der Waals surface area contributed by atoms with Gasteiger partial charge in [0, 0.05) is 25.7 Å². The van der Waals surface area contributed by atoms with Crippen molar-refractivity contribution in [3.63, 3.8) is 0 Å². The molecule has 19 heteroatoms. The van der Waals surface area contributed by atoms with Crippen LogP contribution in [-0.4, -0.2) is 96.7 Å². The van der Waals surface area contributed by atoms with Crippen LogP contribution in [0.5, 0.6) is 0 Å². The first-order chi connectivity index (χ1) is 48.8. The summed E-state index contributed by atoms with van der Waals surface area (Å²) in [5.74, 6) is 0.287. The van der Waals surface area contributed by atoms with E-state index in [0.29, 0.717) is 25.7 Å². The average molecular weight is 1480 g/mol. The highest BCUT2D eigenvalue weighted by molar-refractivity contribution is 7.47. The molecule has 0 saturated heterocycles. The molecule has 101 heavy (non-hydrogen) atoms. The third-order valence-corrected chi connectivity index (χ3v) is 21.4. The molecule has 0 fully saturated rings. The van der Waals surface area contributed by atoms with Gasteiger partial charge in [0.15, 0.2) is 12.2 Å². The predicted octanol–water partition coefficient (Wildman–Crippen LogP) is 24.5. The molecule has 0 radical (unpaired) electrons. The molecule has 3 N–H and O–H groups in total. The quantitative estimate of drug-likeness (QED) is 0.0222. The number of phosphoric acid groups is 2. The van der Waals surface area contributed by atoms with Gasteiger partial charge in [-0.3, -0.25) is 37.3 Å². The van der Waals surface area contributed by atoms with Crippen molar-refractivity contribution in [2.45, 2.75) is 446 Å². The van der Waals surface area contributed by atoms with Crippen molar-refractivity contribution in [3.05, 3.63) is 0 Å². The van der Waals surface area contributed by atoms with E-state index < -0.39 is 97.5 Å². The summed E-state index contributed by atoms with van der Waals surface area (Å²) in [6, 6.07) is 0. The fraction of sp³-hybridized carbons (Fsp3) is 0.951. The Hall–Kier alpha value is -1.94. The molecule has 6 atom stereocenters. The number of aliphatic hydroxyl groups excluding tert-OH is 1. The molecule has 0 aliphatic carbocycles. The molecule has 0 saturated carbocycles. The zero-order valence-corrected chi connectivity index (χ0v) is 68.2. The minimum Gasteiger partial charge on any atom is -0.462 e. The van der Waals surface area contributed by atoms with Gasteiger partial charge >= 0.3 is 39.5 Å². The SMILES string of the molecule is CCCCCCCCCCCCCCC(=O)OC[C@H](COP(=O)(O)OC[C@H](O)COP(=O)(O)OC[C@@H](COC(=O)CCCCCCCCCCCCCCCCC(C)CC)OC(=O)CCCCCCCCCCCCCCCCCCC(C)C)OC(=O)CCCCCCCCCCCC(C)C. The summed E-state index contributed by atoms with van der Waals surface area (Å²) in [5, 5.41) is 10.6. The number of hydrogen-bond acceptors (Lipinski definition) is 15. The molecule has 0 aliphatic heterocycles. The number of ether oxygens (including phenoxy) is 4. The number of hydrogen-bond donors (Lipinski definition) is 3. The number of esters is 4. The van der Waals surface area contributed by atoms with Crippen LogP contribution < -0.4 is 0 Å². The Morgan fingerprint density at radius 2 is 0.505 bits per heavy atom. The summed E-state index contributed by atoms with van der Waals surface area (Å²) in [6.45, 7) is 12.0. The second-order valence-corrected chi connectivity index (χ2v) is 33.6. The lowest BCUT2D eigenvalue weighted by Gasteiger charge is -2.21. The van der Waals surface area contributed by atoms with Crippen LogP contribution in [0.2, 0.25) is 0 Å². The van der Waals surface area contributed by atoms with Gasteiger partial charge in [-0.05, 0) is 43.4 Å². The molecule has 600 valence electrons. The highest BCUT2D eigenvalue weighted by Gasteiger charge is 2.30. The van der Waals surface area contributed by atoms with E-state index in [9.17, 15) is 43.2 Å². The van der Waals surface area contributed by atoms with Crippen LogP contribution in [-0.2, 0) is 65.4 Å². The number of rotatable bonds is 80. The van der Waals surface area contributed by atoms with Crippen LogP contribution in [0.1, 0.15) is 427 Å². The maximum absolute atomic E-state index is 13.1. The van der Waals surface area contributed by atoms with Crippen LogP contribution >= 0.6 is 15.6 Å². The van der Waals surface area contributed by atoms with Crippen molar-refractivity contribution < 1.29 is 80.2 Å². The van der Waals surface area contributed by atoms with E-state index in [2.05, 4.69) is 48.5 Å². The summed E-state index contributed by atoms with van der Waals surface area (Å²) in [4.78, 5) is 73.1. The first kappa shape index (κ1) is 99.1. The molecular formula is C82H160O17P2. The van der Waals surface area contributed by atoms with Gasteiger partial charge in [0.2, 0.25) is 0 Å². The highest BCUT2D eigenvalue weighted by Crippen LogP contribution is 2.45. The number of carbonyl (C=O) groups is 4. The molecular weight excluding hydrogens is 1320 g/mol. The summed E-state index contributed by atoms with van der Waals surface area (Å²) < 4.78 is 68.8. The van der Waals surface area contributed by atoms with Gasteiger partial charge in [0.25, 0.3) is 0 Å². The van der Waals surface area contributed by atoms with Gasteiger partial charge in [0.1, 0.15) is 19.3 Å². The Bertz CT molecular complexity index is 1960. The second kappa shape index (κ2) is 72.3. The number of carbonyl (C=O) groups excluding carboxylic acids is 4. The highest BCUT2D eigenvalue weighted by atomic mass is 31.2. The van der Waals surface area contributed by atoms with Crippen molar-refractivity contribution in [1.29, 1.82) is 0 Å².